The molecule has 19 heavy (non-hydrogen) atoms. The number of rotatable bonds is 5. The molecular formula is C14H19N3OS. The molecule has 2 heterocycles. The molecule has 0 radical (unpaired) electrons. The van der Waals surface area contributed by atoms with Crippen LogP contribution in [0.5, 0.6) is 0 Å². The smallest absolute Gasteiger partial charge is 0.225 e. The minimum atomic E-state index is -0.0133. The van der Waals surface area contributed by atoms with Gasteiger partial charge in [0.05, 0.1) is 6.61 Å². The molecule has 4 nitrogen and oxygen atoms in total. The van der Waals surface area contributed by atoms with Crippen LogP contribution in [-0.4, -0.2) is 28.2 Å². The van der Waals surface area contributed by atoms with E-state index in [4.69, 9.17) is 5.11 Å². The Morgan fingerprint density at radius 2 is 2.26 bits per heavy atom. The number of nitrogens with zero attached hydrogens (tertiary/aromatic N) is 3. The van der Waals surface area contributed by atoms with Gasteiger partial charge < -0.3 is 10.0 Å². The van der Waals surface area contributed by atoms with Gasteiger partial charge in [-0.2, -0.15) is 0 Å². The third kappa shape index (κ3) is 3.30. The lowest BCUT2D eigenvalue weighted by Crippen LogP contribution is -2.32. The zero-order valence-electron chi connectivity index (χ0n) is 11.5. The molecule has 0 aliphatic heterocycles. The Morgan fingerprint density at radius 1 is 1.47 bits per heavy atom. The van der Waals surface area contributed by atoms with E-state index in [-0.39, 0.29) is 6.61 Å². The third-order valence-electron chi connectivity index (χ3n) is 3.29. The van der Waals surface area contributed by atoms with Gasteiger partial charge in [-0.3, -0.25) is 0 Å². The van der Waals surface area contributed by atoms with Gasteiger partial charge in [-0.1, -0.05) is 6.07 Å². The van der Waals surface area contributed by atoms with Crippen LogP contribution in [0, 0.1) is 6.92 Å². The van der Waals surface area contributed by atoms with Gasteiger partial charge in [0.25, 0.3) is 0 Å². The molecule has 1 unspecified atom stereocenters. The molecule has 0 aromatic carbocycles. The topological polar surface area (TPSA) is 49.2 Å². The highest BCUT2D eigenvalue weighted by Crippen LogP contribution is 2.17. The highest BCUT2D eigenvalue weighted by atomic mass is 32.1. The summed E-state index contributed by atoms with van der Waals surface area (Å²) in [6.07, 6.45) is 2.68. The highest BCUT2D eigenvalue weighted by molar-refractivity contribution is 7.09. The number of aromatic nitrogens is 2. The zero-order valence-corrected chi connectivity index (χ0v) is 12.3. The lowest BCUT2D eigenvalue weighted by molar-refractivity contribution is 0.280. The third-order valence-corrected chi connectivity index (χ3v) is 4.19. The van der Waals surface area contributed by atoms with Crippen molar-refractivity contribution in [1.82, 2.24) is 9.97 Å². The SMILES string of the molecule is Cc1nc(N(C)C(C)Cc2cccs2)ncc1CO. The summed E-state index contributed by atoms with van der Waals surface area (Å²) in [5.41, 5.74) is 1.62. The number of likely N-dealkylation sites (N-methyl/N-ethyl adjacent to an activating group) is 1. The maximum atomic E-state index is 9.14. The predicted octanol–water partition coefficient (Wildman–Crippen LogP) is 2.41. The summed E-state index contributed by atoms with van der Waals surface area (Å²) in [5, 5.41) is 11.2. The Kier molecular flexibility index (Phi) is 4.50. The highest BCUT2D eigenvalue weighted by Gasteiger charge is 2.14. The van der Waals surface area contributed by atoms with E-state index in [1.165, 1.54) is 4.88 Å². The van der Waals surface area contributed by atoms with Crippen LogP contribution in [0.4, 0.5) is 5.95 Å². The van der Waals surface area contributed by atoms with E-state index in [1.54, 1.807) is 17.5 Å². The molecule has 2 aromatic heterocycles. The number of aliphatic hydroxyl groups is 1. The summed E-state index contributed by atoms with van der Waals surface area (Å²) in [5.74, 6) is 0.707. The van der Waals surface area contributed by atoms with E-state index in [2.05, 4.69) is 39.3 Å². The van der Waals surface area contributed by atoms with Crippen LogP contribution in [0.3, 0.4) is 0 Å². The summed E-state index contributed by atoms with van der Waals surface area (Å²) in [7, 11) is 2.01. The molecule has 1 N–H and O–H groups in total. The number of hydrogen-bond donors (Lipinski definition) is 1. The largest absolute Gasteiger partial charge is 0.392 e. The molecule has 0 aliphatic rings. The Morgan fingerprint density at radius 3 is 2.84 bits per heavy atom. The summed E-state index contributed by atoms with van der Waals surface area (Å²) in [6.45, 7) is 4.05. The van der Waals surface area contributed by atoms with E-state index in [0.29, 0.717) is 12.0 Å². The van der Waals surface area contributed by atoms with E-state index >= 15 is 0 Å². The molecule has 2 aromatic rings. The fraction of sp³-hybridized carbons (Fsp3) is 0.429. The van der Waals surface area contributed by atoms with Crippen molar-refractivity contribution >= 4 is 17.3 Å². The second kappa shape index (κ2) is 6.12. The first kappa shape index (κ1) is 14.0. The maximum Gasteiger partial charge on any atom is 0.225 e. The van der Waals surface area contributed by atoms with Crippen molar-refractivity contribution in [2.45, 2.75) is 32.9 Å². The minimum Gasteiger partial charge on any atom is -0.392 e. The van der Waals surface area contributed by atoms with Crippen molar-refractivity contribution in [2.75, 3.05) is 11.9 Å². The lowest BCUT2D eigenvalue weighted by atomic mass is 10.2. The van der Waals surface area contributed by atoms with Crippen molar-refractivity contribution in [2.24, 2.45) is 0 Å². The zero-order chi connectivity index (χ0) is 13.8. The average Bonchev–Trinajstić information content (AvgIpc) is 2.90. The fourth-order valence-electron chi connectivity index (χ4n) is 1.86. The molecule has 0 bridgehead atoms. The molecule has 2 rings (SSSR count). The van der Waals surface area contributed by atoms with Crippen LogP contribution in [0.25, 0.3) is 0 Å². The van der Waals surface area contributed by atoms with Gasteiger partial charge in [0.15, 0.2) is 0 Å². The van der Waals surface area contributed by atoms with Gasteiger partial charge in [0, 0.05) is 41.8 Å². The Bertz CT molecular complexity index is 527. The van der Waals surface area contributed by atoms with E-state index in [9.17, 15) is 0 Å². The van der Waals surface area contributed by atoms with Crippen molar-refractivity contribution in [3.8, 4) is 0 Å². The lowest BCUT2D eigenvalue weighted by Gasteiger charge is -2.25. The molecule has 0 amide bonds. The number of hydrogen-bond acceptors (Lipinski definition) is 5. The number of anilines is 1. The number of aliphatic hydroxyl groups excluding tert-OH is 1. The van der Waals surface area contributed by atoms with E-state index in [1.807, 2.05) is 14.0 Å². The Labute approximate surface area is 117 Å². The maximum absolute atomic E-state index is 9.14. The standard InChI is InChI=1S/C14H19N3OS/c1-10(7-13-5-4-6-19-13)17(3)14-15-8-12(9-18)11(2)16-14/h4-6,8,10,18H,7,9H2,1-3H3. The van der Waals surface area contributed by atoms with Crippen molar-refractivity contribution < 1.29 is 5.11 Å². The number of aryl methyl sites for hydroxylation is 1. The second-order valence-electron chi connectivity index (χ2n) is 4.68. The predicted molar refractivity (Wildman–Crippen MR) is 78.6 cm³/mol. The van der Waals surface area contributed by atoms with Gasteiger partial charge in [-0.05, 0) is 25.3 Å². The monoisotopic (exact) mass is 277 g/mol. The Balaban J connectivity index is 2.10. The van der Waals surface area contributed by atoms with Crippen molar-refractivity contribution in [1.29, 1.82) is 0 Å². The molecule has 5 heteroatoms. The van der Waals surface area contributed by atoms with Crippen LogP contribution in [0.1, 0.15) is 23.1 Å². The molecule has 1 atom stereocenters. The first-order chi connectivity index (χ1) is 9.11. The van der Waals surface area contributed by atoms with Gasteiger partial charge in [-0.25, -0.2) is 9.97 Å². The van der Waals surface area contributed by atoms with Gasteiger partial charge in [0.2, 0.25) is 5.95 Å². The Hall–Kier alpha value is -1.46. The molecule has 0 fully saturated rings. The average molecular weight is 277 g/mol. The molecule has 102 valence electrons. The van der Waals surface area contributed by atoms with Crippen molar-refractivity contribution in [3.63, 3.8) is 0 Å². The summed E-state index contributed by atoms with van der Waals surface area (Å²) in [4.78, 5) is 12.2. The van der Waals surface area contributed by atoms with Crippen molar-refractivity contribution in [3.05, 3.63) is 39.8 Å². The van der Waals surface area contributed by atoms with Crippen LogP contribution >= 0.6 is 11.3 Å². The fourth-order valence-corrected chi connectivity index (χ4v) is 2.69. The number of thiophene rings is 1. The minimum absolute atomic E-state index is 0.0133. The van der Waals surface area contributed by atoms with Crippen LogP contribution in [-0.2, 0) is 13.0 Å². The van der Waals surface area contributed by atoms with Crippen LogP contribution in [0.2, 0.25) is 0 Å². The normalized spacial score (nSPS) is 12.4. The second-order valence-corrected chi connectivity index (χ2v) is 5.71. The first-order valence-electron chi connectivity index (χ1n) is 6.30. The summed E-state index contributed by atoms with van der Waals surface area (Å²) < 4.78 is 0. The summed E-state index contributed by atoms with van der Waals surface area (Å²) in [6, 6.07) is 4.55. The van der Waals surface area contributed by atoms with Gasteiger partial charge >= 0.3 is 0 Å². The summed E-state index contributed by atoms with van der Waals surface area (Å²) >= 11 is 1.77. The van der Waals surface area contributed by atoms with Gasteiger partial charge in [-0.15, -0.1) is 11.3 Å². The first-order valence-corrected chi connectivity index (χ1v) is 7.18. The van der Waals surface area contributed by atoms with E-state index < -0.39 is 0 Å². The quantitative estimate of drug-likeness (QED) is 0.912. The molecular weight excluding hydrogens is 258 g/mol. The molecule has 0 saturated heterocycles. The van der Waals surface area contributed by atoms with Crippen LogP contribution in [0.15, 0.2) is 23.7 Å². The van der Waals surface area contributed by atoms with Crippen LogP contribution < -0.4 is 4.90 Å². The van der Waals surface area contributed by atoms with Gasteiger partial charge in [0.1, 0.15) is 0 Å². The molecule has 0 aliphatic carbocycles. The van der Waals surface area contributed by atoms with E-state index in [0.717, 1.165) is 17.7 Å². The molecule has 0 spiro atoms. The molecule has 0 saturated carbocycles.